The van der Waals surface area contributed by atoms with E-state index >= 15 is 0 Å². The van der Waals surface area contributed by atoms with Gasteiger partial charge in [0.05, 0.1) is 23.1 Å². The van der Waals surface area contributed by atoms with Crippen molar-refractivity contribution < 1.29 is 24.2 Å². The molecular weight excluding hydrogens is 512 g/mol. The van der Waals surface area contributed by atoms with Crippen molar-refractivity contribution in [2.24, 2.45) is 4.99 Å². The minimum absolute atomic E-state index is 0.0399. The molecule has 1 aliphatic rings. The largest absolute Gasteiger partial charge is 0.491 e. The van der Waals surface area contributed by atoms with Gasteiger partial charge in [-0.2, -0.15) is 0 Å². The smallest absolute Gasteiger partial charge is 0.307 e. The van der Waals surface area contributed by atoms with Gasteiger partial charge in [0.25, 0.3) is 5.91 Å². The van der Waals surface area contributed by atoms with E-state index in [0.29, 0.717) is 27.9 Å². The normalized spacial score (nSPS) is 16.1. The zero-order valence-corrected chi connectivity index (χ0v) is 23.1. The second kappa shape index (κ2) is 13.2. The van der Waals surface area contributed by atoms with Crippen LogP contribution in [0.5, 0.6) is 11.5 Å². The van der Waals surface area contributed by atoms with Gasteiger partial charge in [-0.05, 0) is 84.3 Å². The number of thioether (sulfide) groups is 1. The number of amides is 1. The molecule has 3 aromatic carbocycles. The minimum atomic E-state index is -0.881. The molecule has 0 saturated carbocycles. The van der Waals surface area contributed by atoms with E-state index in [0.717, 1.165) is 35.5 Å². The van der Waals surface area contributed by atoms with Gasteiger partial charge in [-0.1, -0.05) is 49.7 Å². The van der Waals surface area contributed by atoms with Crippen LogP contribution in [-0.2, 0) is 22.6 Å². The minimum Gasteiger partial charge on any atom is -0.491 e. The summed E-state index contributed by atoms with van der Waals surface area (Å²) in [4.78, 5) is 30.3. The number of nitrogens with zero attached hydrogens (tertiary/aromatic N) is 2. The Balaban J connectivity index is 1.34. The highest BCUT2D eigenvalue weighted by atomic mass is 32.2. The van der Waals surface area contributed by atoms with Gasteiger partial charge in [0, 0.05) is 7.05 Å². The van der Waals surface area contributed by atoms with E-state index < -0.39 is 5.97 Å². The van der Waals surface area contributed by atoms with Crippen LogP contribution in [0, 0.1) is 0 Å². The number of hydrogen-bond acceptors (Lipinski definition) is 6. The molecule has 4 rings (SSSR count). The number of amidine groups is 1. The number of carboxylic acids is 1. The summed E-state index contributed by atoms with van der Waals surface area (Å²) >= 11 is 1.30. The third kappa shape index (κ3) is 7.97. The first-order valence-electron chi connectivity index (χ1n) is 12.9. The first-order chi connectivity index (χ1) is 18.8. The summed E-state index contributed by atoms with van der Waals surface area (Å²) in [5, 5.41) is 9.48. The number of carboxylic acid groups (broad SMARTS) is 1. The second-order valence-corrected chi connectivity index (χ2v) is 10.3. The molecule has 8 heteroatoms. The molecule has 0 aromatic heterocycles. The molecule has 1 N–H and O–H groups in total. The van der Waals surface area contributed by atoms with Crippen LogP contribution in [0.2, 0.25) is 0 Å². The lowest BCUT2D eigenvalue weighted by atomic mass is 10.1. The Bertz CT molecular complexity index is 1350. The monoisotopic (exact) mass is 544 g/mol. The maximum atomic E-state index is 12.8. The number of likely N-dealkylation sites (N-methyl/N-ethyl adjacent to an activating group) is 1. The molecule has 202 valence electrons. The summed E-state index contributed by atoms with van der Waals surface area (Å²) in [6.07, 6.45) is 4.12. The van der Waals surface area contributed by atoms with Crippen molar-refractivity contribution in [2.45, 2.75) is 45.8 Å². The molecular formula is C31H32N2O5S. The van der Waals surface area contributed by atoms with Gasteiger partial charge in [0.1, 0.15) is 18.1 Å². The molecule has 1 saturated heterocycles. The van der Waals surface area contributed by atoms with Crippen LogP contribution >= 0.6 is 11.8 Å². The molecule has 1 atom stereocenters. The lowest BCUT2D eigenvalue weighted by Gasteiger charge is -2.14. The maximum Gasteiger partial charge on any atom is 0.307 e. The summed E-state index contributed by atoms with van der Waals surface area (Å²) in [6, 6.07) is 22.5. The Morgan fingerprint density at radius 3 is 2.28 bits per heavy atom. The van der Waals surface area contributed by atoms with Crippen molar-refractivity contribution in [2.75, 3.05) is 7.05 Å². The van der Waals surface area contributed by atoms with Gasteiger partial charge < -0.3 is 14.6 Å². The SMILES string of the molecule is CCCC(C)Oc1ccc(COc2ccc(/C=C3/SC(=Nc4ccc(CC(=O)O)cc4)N(C)C3=O)cc2)cc1. The van der Waals surface area contributed by atoms with Crippen LogP contribution in [0.15, 0.2) is 82.7 Å². The molecule has 0 aliphatic carbocycles. The number of benzene rings is 3. The van der Waals surface area contributed by atoms with Crippen molar-refractivity contribution >= 4 is 40.6 Å². The highest BCUT2D eigenvalue weighted by Gasteiger charge is 2.30. The van der Waals surface area contributed by atoms with Crippen molar-refractivity contribution in [3.63, 3.8) is 0 Å². The third-order valence-electron chi connectivity index (χ3n) is 6.06. The average Bonchev–Trinajstić information content (AvgIpc) is 3.17. The predicted octanol–water partition coefficient (Wildman–Crippen LogP) is 6.69. The van der Waals surface area contributed by atoms with Gasteiger partial charge in [-0.15, -0.1) is 0 Å². The number of rotatable bonds is 11. The fraction of sp³-hybridized carbons (Fsp3) is 0.258. The van der Waals surface area contributed by atoms with E-state index in [9.17, 15) is 9.59 Å². The zero-order chi connectivity index (χ0) is 27.8. The van der Waals surface area contributed by atoms with Crippen molar-refractivity contribution in [1.29, 1.82) is 0 Å². The summed E-state index contributed by atoms with van der Waals surface area (Å²) in [5.74, 6) is 0.598. The summed E-state index contributed by atoms with van der Waals surface area (Å²) in [7, 11) is 1.69. The molecule has 7 nitrogen and oxygen atoms in total. The molecule has 0 spiro atoms. The summed E-state index contributed by atoms with van der Waals surface area (Å²) in [5.41, 5.74) is 3.29. The molecule has 1 amide bonds. The highest BCUT2D eigenvalue weighted by Crippen LogP contribution is 2.33. The topological polar surface area (TPSA) is 88.4 Å². The van der Waals surface area contributed by atoms with Crippen LogP contribution in [-0.4, -0.2) is 40.2 Å². The number of hydrogen-bond donors (Lipinski definition) is 1. The summed E-state index contributed by atoms with van der Waals surface area (Å²) < 4.78 is 11.8. The first-order valence-corrected chi connectivity index (χ1v) is 13.7. The molecule has 3 aromatic rings. The van der Waals surface area contributed by atoms with Crippen LogP contribution < -0.4 is 9.47 Å². The van der Waals surface area contributed by atoms with E-state index in [4.69, 9.17) is 14.6 Å². The Morgan fingerprint density at radius 1 is 1.00 bits per heavy atom. The Labute approximate surface area is 233 Å². The van der Waals surface area contributed by atoms with E-state index in [1.807, 2.05) is 54.6 Å². The van der Waals surface area contributed by atoms with Crippen LogP contribution in [0.1, 0.15) is 43.4 Å². The first kappa shape index (κ1) is 28.0. The number of ether oxygens (including phenoxy) is 2. The van der Waals surface area contributed by atoms with Crippen molar-refractivity contribution in [3.05, 3.63) is 94.4 Å². The van der Waals surface area contributed by atoms with E-state index in [-0.39, 0.29) is 18.4 Å². The van der Waals surface area contributed by atoms with E-state index in [1.54, 1.807) is 31.3 Å². The summed E-state index contributed by atoms with van der Waals surface area (Å²) in [6.45, 7) is 4.68. The molecule has 0 radical (unpaired) electrons. The molecule has 1 fully saturated rings. The Hall–Kier alpha value is -4.04. The zero-order valence-electron chi connectivity index (χ0n) is 22.3. The van der Waals surface area contributed by atoms with Crippen LogP contribution in [0.3, 0.4) is 0 Å². The van der Waals surface area contributed by atoms with Crippen LogP contribution in [0.4, 0.5) is 5.69 Å². The lowest BCUT2D eigenvalue weighted by molar-refractivity contribution is -0.136. The fourth-order valence-corrected chi connectivity index (χ4v) is 4.95. The quantitative estimate of drug-likeness (QED) is 0.271. The van der Waals surface area contributed by atoms with Gasteiger partial charge in [0.15, 0.2) is 5.17 Å². The Kier molecular flexibility index (Phi) is 9.44. The van der Waals surface area contributed by atoms with Gasteiger partial charge >= 0.3 is 5.97 Å². The second-order valence-electron chi connectivity index (χ2n) is 9.32. The molecule has 1 aliphatic heterocycles. The number of carbonyl (C=O) groups excluding carboxylic acids is 1. The third-order valence-corrected chi connectivity index (χ3v) is 7.12. The highest BCUT2D eigenvalue weighted by molar-refractivity contribution is 8.18. The van der Waals surface area contributed by atoms with E-state index in [2.05, 4.69) is 18.8 Å². The fourth-order valence-electron chi connectivity index (χ4n) is 3.97. The number of aliphatic imine (C=N–C) groups is 1. The maximum absolute atomic E-state index is 12.8. The molecule has 1 heterocycles. The Morgan fingerprint density at radius 2 is 1.64 bits per heavy atom. The predicted molar refractivity (Wildman–Crippen MR) is 155 cm³/mol. The van der Waals surface area contributed by atoms with Crippen molar-refractivity contribution in [1.82, 2.24) is 4.90 Å². The van der Waals surface area contributed by atoms with Gasteiger partial charge in [-0.3, -0.25) is 14.5 Å². The standard InChI is InChI=1S/C31H32N2O5S/c1-4-5-21(2)38-27-16-10-24(11-17-27)20-37-26-14-8-22(9-15-26)18-28-30(36)33(3)31(39-28)32-25-12-6-23(7-13-25)19-29(34)35/h6-18,21H,4-5,19-20H2,1-3H3,(H,34,35)/b28-18+,32-31?. The number of carbonyl (C=O) groups is 2. The van der Waals surface area contributed by atoms with Gasteiger partial charge in [0.2, 0.25) is 0 Å². The molecule has 1 unspecified atom stereocenters. The lowest BCUT2D eigenvalue weighted by Crippen LogP contribution is -2.23. The molecule has 39 heavy (non-hydrogen) atoms. The van der Waals surface area contributed by atoms with Gasteiger partial charge in [-0.25, -0.2) is 4.99 Å². The van der Waals surface area contributed by atoms with Crippen LogP contribution in [0.25, 0.3) is 6.08 Å². The van der Waals surface area contributed by atoms with E-state index in [1.165, 1.54) is 16.7 Å². The van der Waals surface area contributed by atoms with Crippen molar-refractivity contribution in [3.8, 4) is 11.5 Å². The average molecular weight is 545 g/mol. The molecule has 0 bridgehead atoms. The number of aliphatic carboxylic acids is 1.